The van der Waals surface area contributed by atoms with Gasteiger partial charge in [-0.2, -0.15) is 0 Å². The van der Waals surface area contributed by atoms with Crippen molar-refractivity contribution in [2.24, 2.45) is 0 Å². The summed E-state index contributed by atoms with van der Waals surface area (Å²) >= 11 is 0. The summed E-state index contributed by atoms with van der Waals surface area (Å²) in [7, 11) is -2.44. The molecule has 1 atom stereocenters. The summed E-state index contributed by atoms with van der Waals surface area (Å²) in [6.45, 7) is 3.61. The molecule has 0 fully saturated rings. The molecule has 0 unspecified atom stereocenters. The van der Waals surface area contributed by atoms with Crippen LogP contribution in [0, 0.1) is 0 Å². The van der Waals surface area contributed by atoms with Crippen LogP contribution < -0.4 is 19.1 Å². The second-order valence-corrected chi connectivity index (χ2v) is 9.15. The predicted molar refractivity (Wildman–Crippen MR) is 128 cm³/mol. The summed E-state index contributed by atoms with van der Waals surface area (Å²) in [6, 6.07) is 21.8. The molecule has 174 valence electrons. The second-order valence-electron chi connectivity index (χ2n) is 7.29. The molecule has 0 saturated carbocycles. The Balaban J connectivity index is 1.90. The Kier molecular flexibility index (Phi) is 7.95. The number of carbonyl (C=O) groups is 1. The molecule has 0 saturated heterocycles. The Bertz CT molecular complexity index is 1160. The molecule has 7 nitrogen and oxygen atoms in total. The maximum atomic E-state index is 13.5. The lowest BCUT2D eigenvalue weighted by molar-refractivity contribution is -0.120. The van der Waals surface area contributed by atoms with Crippen molar-refractivity contribution in [1.29, 1.82) is 0 Å². The van der Waals surface area contributed by atoms with Crippen LogP contribution in [0.15, 0.2) is 83.8 Å². The molecule has 0 bridgehead atoms. The lowest BCUT2D eigenvalue weighted by Gasteiger charge is -2.26. The minimum atomic E-state index is -4.02. The molecule has 0 spiro atoms. The van der Waals surface area contributed by atoms with E-state index < -0.39 is 22.5 Å². The van der Waals surface area contributed by atoms with E-state index in [0.29, 0.717) is 23.8 Å². The Labute approximate surface area is 195 Å². The summed E-state index contributed by atoms with van der Waals surface area (Å²) < 4.78 is 39.0. The van der Waals surface area contributed by atoms with E-state index in [2.05, 4.69) is 5.32 Å². The molecule has 0 radical (unpaired) electrons. The number of carbonyl (C=O) groups excluding carboxylic acids is 1. The summed E-state index contributed by atoms with van der Waals surface area (Å²) in [4.78, 5) is 13.1. The molecule has 0 heterocycles. The monoisotopic (exact) mass is 468 g/mol. The third kappa shape index (κ3) is 5.84. The number of benzene rings is 3. The summed E-state index contributed by atoms with van der Waals surface area (Å²) in [5.74, 6) is 0.657. The van der Waals surface area contributed by atoms with Gasteiger partial charge in [0.05, 0.1) is 30.3 Å². The van der Waals surface area contributed by atoms with Crippen molar-refractivity contribution in [1.82, 2.24) is 5.32 Å². The van der Waals surface area contributed by atoms with E-state index in [1.54, 1.807) is 49.6 Å². The lowest BCUT2D eigenvalue weighted by Crippen LogP contribution is -2.41. The molecule has 1 amide bonds. The number of hydrogen-bond acceptors (Lipinski definition) is 5. The average Bonchev–Trinajstić information content (AvgIpc) is 2.83. The van der Waals surface area contributed by atoms with Crippen molar-refractivity contribution >= 4 is 21.6 Å². The highest BCUT2D eigenvalue weighted by molar-refractivity contribution is 7.92. The Morgan fingerprint density at radius 2 is 1.61 bits per heavy atom. The van der Waals surface area contributed by atoms with Crippen LogP contribution >= 0.6 is 0 Å². The Morgan fingerprint density at radius 1 is 0.970 bits per heavy atom. The van der Waals surface area contributed by atoms with Gasteiger partial charge >= 0.3 is 0 Å². The van der Waals surface area contributed by atoms with Gasteiger partial charge in [0.15, 0.2) is 0 Å². The van der Waals surface area contributed by atoms with Crippen LogP contribution in [-0.2, 0) is 14.8 Å². The standard InChI is InChI=1S/C25H28N2O5S/c1-4-32-24-13-9-8-12-23(24)27(33(29,30)22-10-6-5-7-11-22)18-25(28)26-19(2)20-14-16-21(31-3)17-15-20/h5-17,19H,4,18H2,1-3H3,(H,26,28)/t19-/m0/s1. The van der Waals surface area contributed by atoms with Crippen LogP contribution in [0.2, 0.25) is 0 Å². The van der Waals surface area contributed by atoms with Crippen molar-refractivity contribution < 1.29 is 22.7 Å². The predicted octanol–water partition coefficient (Wildman–Crippen LogP) is 4.17. The van der Waals surface area contributed by atoms with Crippen LogP contribution in [0.3, 0.4) is 0 Å². The van der Waals surface area contributed by atoms with Crippen LogP contribution in [0.1, 0.15) is 25.5 Å². The minimum Gasteiger partial charge on any atom is -0.497 e. The van der Waals surface area contributed by atoms with E-state index in [-0.39, 0.29) is 10.9 Å². The van der Waals surface area contributed by atoms with E-state index in [1.165, 1.54) is 12.1 Å². The van der Waals surface area contributed by atoms with Crippen LogP contribution in [0.25, 0.3) is 0 Å². The number of nitrogens with one attached hydrogen (secondary N) is 1. The van der Waals surface area contributed by atoms with Gasteiger partial charge in [-0.25, -0.2) is 8.42 Å². The van der Waals surface area contributed by atoms with Gasteiger partial charge in [0, 0.05) is 0 Å². The summed E-state index contributed by atoms with van der Waals surface area (Å²) in [5, 5.41) is 2.88. The third-order valence-electron chi connectivity index (χ3n) is 5.05. The number of para-hydroxylation sites is 2. The fraction of sp³-hybridized carbons (Fsp3) is 0.240. The fourth-order valence-electron chi connectivity index (χ4n) is 3.35. The maximum absolute atomic E-state index is 13.5. The molecule has 0 aromatic heterocycles. The maximum Gasteiger partial charge on any atom is 0.264 e. The minimum absolute atomic E-state index is 0.0901. The van der Waals surface area contributed by atoms with Gasteiger partial charge in [0.2, 0.25) is 5.91 Å². The van der Waals surface area contributed by atoms with Crippen molar-refractivity contribution in [2.45, 2.75) is 24.8 Å². The number of sulfonamides is 1. The molecular weight excluding hydrogens is 440 g/mol. The highest BCUT2D eigenvalue weighted by Gasteiger charge is 2.29. The number of nitrogens with zero attached hydrogens (tertiary/aromatic N) is 1. The zero-order chi connectivity index (χ0) is 23.8. The number of rotatable bonds is 10. The van der Waals surface area contributed by atoms with Crippen LogP contribution in [-0.4, -0.2) is 34.6 Å². The Hall–Kier alpha value is -3.52. The fourth-order valence-corrected chi connectivity index (χ4v) is 4.81. The van der Waals surface area contributed by atoms with E-state index in [1.807, 2.05) is 38.1 Å². The van der Waals surface area contributed by atoms with Crippen molar-refractivity contribution in [3.05, 3.63) is 84.4 Å². The van der Waals surface area contributed by atoms with Crippen molar-refractivity contribution in [3.8, 4) is 11.5 Å². The molecule has 1 N–H and O–H groups in total. The SMILES string of the molecule is CCOc1ccccc1N(CC(=O)N[C@@H](C)c1ccc(OC)cc1)S(=O)(=O)c1ccccc1. The molecule has 0 aliphatic carbocycles. The van der Waals surface area contributed by atoms with Gasteiger partial charge in [0.1, 0.15) is 18.0 Å². The first-order chi connectivity index (χ1) is 15.9. The van der Waals surface area contributed by atoms with Crippen molar-refractivity contribution in [3.63, 3.8) is 0 Å². The largest absolute Gasteiger partial charge is 0.497 e. The zero-order valence-corrected chi connectivity index (χ0v) is 19.7. The van der Waals surface area contributed by atoms with E-state index in [9.17, 15) is 13.2 Å². The average molecular weight is 469 g/mol. The van der Waals surface area contributed by atoms with Gasteiger partial charge in [-0.1, -0.05) is 42.5 Å². The van der Waals surface area contributed by atoms with Gasteiger partial charge in [-0.15, -0.1) is 0 Å². The summed E-state index contributed by atoms with van der Waals surface area (Å²) in [6.07, 6.45) is 0. The topological polar surface area (TPSA) is 84.9 Å². The Morgan fingerprint density at radius 3 is 2.24 bits per heavy atom. The molecule has 0 aliphatic rings. The molecular formula is C25H28N2O5S. The van der Waals surface area contributed by atoms with Crippen molar-refractivity contribution in [2.75, 3.05) is 24.6 Å². The van der Waals surface area contributed by atoms with E-state index >= 15 is 0 Å². The molecule has 8 heteroatoms. The molecule has 3 rings (SSSR count). The van der Waals surface area contributed by atoms with E-state index in [4.69, 9.17) is 9.47 Å². The number of amides is 1. The van der Waals surface area contributed by atoms with Crippen LogP contribution in [0.5, 0.6) is 11.5 Å². The first kappa shape index (κ1) is 24.1. The molecule has 3 aromatic carbocycles. The number of anilines is 1. The zero-order valence-electron chi connectivity index (χ0n) is 18.9. The highest BCUT2D eigenvalue weighted by atomic mass is 32.2. The smallest absolute Gasteiger partial charge is 0.264 e. The third-order valence-corrected chi connectivity index (χ3v) is 6.82. The van der Waals surface area contributed by atoms with Gasteiger partial charge in [0.25, 0.3) is 10.0 Å². The number of ether oxygens (including phenoxy) is 2. The number of methoxy groups -OCH3 is 1. The summed E-state index contributed by atoms with van der Waals surface area (Å²) in [5.41, 5.74) is 1.17. The first-order valence-electron chi connectivity index (χ1n) is 10.6. The lowest BCUT2D eigenvalue weighted by atomic mass is 10.1. The quantitative estimate of drug-likeness (QED) is 0.483. The first-order valence-corrected chi connectivity index (χ1v) is 12.0. The molecule has 0 aliphatic heterocycles. The van der Waals surface area contributed by atoms with Gasteiger partial charge in [-0.3, -0.25) is 9.10 Å². The van der Waals surface area contributed by atoms with Gasteiger partial charge in [-0.05, 0) is 55.8 Å². The molecule has 33 heavy (non-hydrogen) atoms. The van der Waals surface area contributed by atoms with Gasteiger partial charge < -0.3 is 14.8 Å². The number of hydrogen-bond donors (Lipinski definition) is 1. The normalized spacial score (nSPS) is 12.0. The van der Waals surface area contributed by atoms with E-state index in [0.717, 1.165) is 9.87 Å². The highest BCUT2D eigenvalue weighted by Crippen LogP contribution is 2.32. The van der Waals surface area contributed by atoms with Crippen LogP contribution in [0.4, 0.5) is 5.69 Å². The molecule has 3 aromatic rings. The second kappa shape index (κ2) is 10.9.